The molecule has 0 aliphatic carbocycles. The van der Waals surface area contributed by atoms with Gasteiger partial charge in [-0.15, -0.1) is 0 Å². The number of hydrogen-bond acceptors (Lipinski definition) is 4. The zero-order valence-electron chi connectivity index (χ0n) is 11.8. The van der Waals surface area contributed by atoms with E-state index in [9.17, 15) is 4.79 Å². The SMILES string of the molecule is CCCCC(N)C(=O)Nc1cccc(Cl)c1-n1cncn1. The average molecular weight is 308 g/mol. The molecule has 1 atom stereocenters. The number of nitrogens with zero attached hydrogens (tertiary/aromatic N) is 3. The largest absolute Gasteiger partial charge is 0.323 e. The molecule has 6 nitrogen and oxygen atoms in total. The fourth-order valence-corrected chi connectivity index (χ4v) is 2.21. The van der Waals surface area contributed by atoms with Crippen LogP contribution in [-0.2, 0) is 4.79 Å². The molecule has 1 unspecified atom stereocenters. The first-order valence-corrected chi connectivity index (χ1v) is 7.21. The molecule has 0 aliphatic rings. The summed E-state index contributed by atoms with van der Waals surface area (Å²) in [5.41, 5.74) is 7.01. The summed E-state index contributed by atoms with van der Waals surface area (Å²) in [5.74, 6) is -0.230. The summed E-state index contributed by atoms with van der Waals surface area (Å²) in [6, 6.07) is 4.71. The number of benzene rings is 1. The van der Waals surface area contributed by atoms with Gasteiger partial charge in [0.25, 0.3) is 0 Å². The lowest BCUT2D eigenvalue weighted by atomic mass is 10.1. The molecule has 0 fully saturated rings. The van der Waals surface area contributed by atoms with E-state index < -0.39 is 6.04 Å². The molecule has 0 spiro atoms. The Morgan fingerprint density at radius 1 is 1.52 bits per heavy atom. The maximum absolute atomic E-state index is 12.1. The van der Waals surface area contributed by atoms with Crippen molar-refractivity contribution in [3.8, 4) is 5.69 Å². The van der Waals surface area contributed by atoms with Gasteiger partial charge in [-0.2, -0.15) is 5.10 Å². The van der Waals surface area contributed by atoms with Gasteiger partial charge in [-0.05, 0) is 18.6 Å². The molecule has 1 aromatic carbocycles. The number of amides is 1. The van der Waals surface area contributed by atoms with Crippen LogP contribution in [0.3, 0.4) is 0 Å². The molecule has 21 heavy (non-hydrogen) atoms. The molecule has 1 aromatic heterocycles. The maximum atomic E-state index is 12.1. The van der Waals surface area contributed by atoms with Crippen LogP contribution in [-0.4, -0.2) is 26.7 Å². The van der Waals surface area contributed by atoms with Crippen molar-refractivity contribution in [2.24, 2.45) is 5.73 Å². The third-order valence-electron chi connectivity index (χ3n) is 3.10. The monoisotopic (exact) mass is 307 g/mol. The van der Waals surface area contributed by atoms with Gasteiger partial charge in [0, 0.05) is 0 Å². The van der Waals surface area contributed by atoms with Gasteiger partial charge in [0.15, 0.2) is 0 Å². The quantitative estimate of drug-likeness (QED) is 0.858. The lowest BCUT2D eigenvalue weighted by Crippen LogP contribution is -2.35. The van der Waals surface area contributed by atoms with E-state index in [1.807, 2.05) is 0 Å². The number of carbonyl (C=O) groups excluding carboxylic acids is 1. The molecule has 0 aliphatic heterocycles. The van der Waals surface area contributed by atoms with Gasteiger partial charge >= 0.3 is 0 Å². The number of unbranched alkanes of at least 4 members (excludes halogenated alkanes) is 1. The first kappa shape index (κ1) is 15.5. The molecule has 7 heteroatoms. The number of nitrogens with one attached hydrogen (secondary N) is 1. The summed E-state index contributed by atoms with van der Waals surface area (Å²) >= 11 is 6.20. The summed E-state index contributed by atoms with van der Waals surface area (Å²) in [6.07, 6.45) is 5.50. The van der Waals surface area contributed by atoms with E-state index in [1.165, 1.54) is 17.3 Å². The van der Waals surface area contributed by atoms with Crippen molar-refractivity contribution in [2.45, 2.75) is 32.2 Å². The van der Waals surface area contributed by atoms with Crippen molar-refractivity contribution in [1.82, 2.24) is 14.8 Å². The van der Waals surface area contributed by atoms with Crippen LogP contribution in [0.4, 0.5) is 5.69 Å². The highest BCUT2D eigenvalue weighted by Gasteiger charge is 2.17. The van der Waals surface area contributed by atoms with Crippen LogP contribution in [0.25, 0.3) is 5.69 Å². The zero-order valence-corrected chi connectivity index (χ0v) is 12.5. The Balaban J connectivity index is 2.21. The molecule has 2 aromatic rings. The number of para-hydroxylation sites is 1. The number of halogens is 1. The summed E-state index contributed by atoms with van der Waals surface area (Å²) < 4.78 is 1.51. The van der Waals surface area contributed by atoms with E-state index >= 15 is 0 Å². The number of hydrogen-bond donors (Lipinski definition) is 2. The molecule has 0 bridgehead atoms. The fraction of sp³-hybridized carbons (Fsp3) is 0.357. The Bertz CT molecular complexity index is 599. The van der Waals surface area contributed by atoms with Crippen LogP contribution in [0.15, 0.2) is 30.9 Å². The average Bonchev–Trinajstić information content (AvgIpc) is 2.98. The van der Waals surface area contributed by atoms with Crippen molar-refractivity contribution >= 4 is 23.2 Å². The minimum absolute atomic E-state index is 0.230. The standard InChI is InChI=1S/C14H18ClN5O/c1-2-3-6-11(16)14(21)19-12-7-4-5-10(15)13(12)20-9-17-8-18-20/h4-5,7-9,11H,2-3,6,16H2,1H3,(H,19,21). The van der Waals surface area contributed by atoms with E-state index in [0.717, 1.165) is 12.8 Å². The first-order valence-electron chi connectivity index (χ1n) is 6.83. The third-order valence-corrected chi connectivity index (χ3v) is 3.40. The predicted molar refractivity (Wildman–Crippen MR) is 82.5 cm³/mol. The van der Waals surface area contributed by atoms with E-state index in [4.69, 9.17) is 17.3 Å². The first-order chi connectivity index (χ1) is 10.1. The van der Waals surface area contributed by atoms with Crippen LogP contribution in [0.5, 0.6) is 0 Å². The molecule has 3 N–H and O–H groups in total. The van der Waals surface area contributed by atoms with Gasteiger partial charge in [-0.25, -0.2) is 9.67 Å². The van der Waals surface area contributed by atoms with Crippen molar-refractivity contribution in [3.05, 3.63) is 35.9 Å². The minimum Gasteiger partial charge on any atom is -0.323 e. The van der Waals surface area contributed by atoms with Crippen LogP contribution < -0.4 is 11.1 Å². The fourth-order valence-electron chi connectivity index (χ4n) is 1.95. The van der Waals surface area contributed by atoms with E-state index in [0.29, 0.717) is 22.8 Å². The number of carbonyl (C=O) groups is 1. The number of anilines is 1. The van der Waals surface area contributed by atoms with Gasteiger partial charge in [-0.1, -0.05) is 37.4 Å². The lowest BCUT2D eigenvalue weighted by molar-refractivity contribution is -0.117. The molecular formula is C14H18ClN5O. The zero-order chi connectivity index (χ0) is 15.2. The van der Waals surface area contributed by atoms with E-state index in [2.05, 4.69) is 22.3 Å². The smallest absolute Gasteiger partial charge is 0.241 e. The second kappa shape index (κ2) is 7.19. The number of aromatic nitrogens is 3. The summed E-state index contributed by atoms with van der Waals surface area (Å²) in [5, 5.41) is 7.33. The van der Waals surface area contributed by atoms with Crippen LogP contribution >= 0.6 is 11.6 Å². The summed E-state index contributed by atoms with van der Waals surface area (Å²) in [7, 11) is 0. The summed E-state index contributed by atoms with van der Waals surface area (Å²) in [4.78, 5) is 16.0. The molecular weight excluding hydrogens is 290 g/mol. The van der Waals surface area contributed by atoms with Crippen molar-refractivity contribution < 1.29 is 4.79 Å². The molecule has 1 heterocycles. The summed E-state index contributed by atoms with van der Waals surface area (Å²) in [6.45, 7) is 2.06. The highest BCUT2D eigenvalue weighted by Crippen LogP contribution is 2.27. The van der Waals surface area contributed by atoms with Gasteiger partial charge in [-0.3, -0.25) is 4.79 Å². The van der Waals surface area contributed by atoms with Crippen LogP contribution in [0.2, 0.25) is 5.02 Å². The van der Waals surface area contributed by atoms with E-state index in [-0.39, 0.29) is 5.91 Å². The molecule has 2 rings (SSSR count). The molecule has 112 valence electrons. The highest BCUT2D eigenvalue weighted by atomic mass is 35.5. The van der Waals surface area contributed by atoms with Crippen molar-refractivity contribution in [2.75, 3.05) is 5.32 Å². The Kier molecular flexibility index (Phi) is 5.30. The van der Waals surface area contributed by atoms with Gasteiger partial charge < -0.3 is 11.1 Å². The lowest BCUT2D eigenvalue weighted by Gasteiger charge is -2.15. The van der Waals surface area contributed by atoms with E-state index in [1.54, 1.807) is 18.2 Å². The van der Waals surface area contributed by atoms with Crippen LogP contribution in [0, 0.1) is 0 Å². The Morgan fingerprint density at radius 3 is 3.00 bits per heavy atom. The molecule has 1 amide bonds. The van der Waals surface area contributed by atoms with Gasteiger partial charge in [0.1, 0.15) is 18.3 Å². The second-order valence-electron chi connectivity index (χ2n) is 4.71. The van der Waals surface area contributed by atoms with Crippen molar-refractivity contribution in [3.63, 3.8) is 0 Å². The second-order valence-corrected chi connectivity index (χ2v) is 5.12. The third kappa shape index (κ3) is 3.80. The predicted octanol–water partition coefficient (Wildman–Crippen LogP) is 2.38. The Labute approximate surface area is 128 Å². The number of nitrogens with two attached hydrogens (primary N) is 1. The van der Waals surface area contributed by atoms with Crippen molar-refractivity contribution in [1.29, 1.82) is 0 Å². The molecule has 0 saturated carbocycles. The highest BCUT2D eigenvalue weighted by molar-refractivity contribution is 6.33. The minimum atomic E-state index is -0.535. The molecule has 0 radical (unpaired) electrons. The van der Waals surface area contributed by atoms with Gasteiger partial charge in [0.2, 0.25) is 5.91 Å². The Hall–Kier alpha value is -1.92. The number of rotatable bonds is 6. The molecule has 0 saturated heterocycles. The van der Waals surface area contributed by atoms with Crippen LogP contribution in [0.1, 0.15) is 26.2 Å². The normalized spacial score (nSPS) is 12.1. The topological polar surface area (TPSA) is 85.8 Å². The van der Waals surface area contributed by atoms with Gasteiger partial charge in [0.05, 0.1) is 16.8 Å². The maximum Gasteiger partial charge on any atom is 0.241 e. The Morgan fingerprint density at radius 2 is 2.33 bits per heavy atom.